The van der Waals surface area contributed by atoms with Gasteiger partial charge in [-0.2, -0.15) is 0 Å². The normalized spacial score (nSPS) is 21.8. The number of nitrogens with one attached hydrogen (secondary N) is 1. The van der Waals surface area contributed by atoms with Gasteiger partial charge in [-0.15, -0.1) is 0 Å². The summed E-state index contributed by atoms with van der Waals surface area (Å²) in [7, 11) is -3.05. The van der Waals surface area contributed by atoms with Gasteiger partial charge in [-0.3, -0.25) is 0 Å². The molecule has 0 spiro atoms. The van der Waals surface area contributed by atoms with Crippen molar-refractivity contribution in [3.05, 3.63) is 0 Å². The van der Waals surface area contributed by atoms with Crippen molar-refractivity contribution in [2.45, 2.75) is 47.0 Å². The van der Waals surface area contributed by atoms with Gasteiger partial charge in [0, 0.05) is 13.1 Å². The molecule has 1 unspecified atom stereocenters. The summed E-state index contributed by atoms with van der Waals surface area (Å²) in [6, 6.07) is 0. The third-order valence-corrected chi connectivity index (χ3v) is 5.68. The van der Waals surface area contributed by atoms with E-state index in [1.54, 1.807) is 4.31 Å². The Morgan fingerprint density at radius 1 is 1.20 bits per heavy atom. The van der Waals surface area contributed by atoms with E-state index in [0.29, 0.717) is 36.6 Å². The number of sulfonamides is 1. The first kappa shape index (κ1) is 17.9. The van der Waals surface area contributed by atoms with Crippen molar-refractivity contribution in [3.63, 3.8) is 0 Å². The monoisotopic (exact) mass is 304 g/mol. The molecule has 20 heavy (non-hydrogen) atoms. The Bertz CT molecular complexity index is 366. The van der Waals surface area contributed by atoms with Gasteiger partial charge in [-0.05, 0) is 50.1 Å². The molecule has 5 heteroatoms. The van der Waals surface area contributed by atoms with E-state index in [4.69, 9.17) is 0 Å². The molecule has 4 nitrogen and oxygen atoms in total. The molecule has 0 aromatic carbocycles. The number of piperidine rings is 1. The van der Waals surface area contributed by atoms with Crippen LogP contribution in [0.1, 0.15) is 47.0 Å². The molecule has 1 aliphatic rings. The second-order valence-corrected chi connectivity index (χ2v) is 9.01. The molecule has 0 aliphatic carbocycles. The highest BCUT2D eigenvalue weighted by Gasteiger charge is 2.28. The summed E-state index contributed by atoms with van der Waals surface area (Å²) in [6.45, 7) is 11.9. The van der Waals surface area contributed by atoms with Crippen molar-refractivity contribution in [1.82, 2.24) is 9.62 Å². The summed E-state index contributed by atoms with van der Waals surface area (Å²) in [5.74, 6) is 1.86. The lowest BCUT2D eigenvalue weighted by Crippen LogP contribution is -2.44. The van der Waals surface area contributed by atoms with Gasteiger partial charge in [0.05, 0.1) is 5.75 Å². The quantitative estimate of drug-likeness (QED) is 0.749. The fraction of sp³-hybridized carbons (Fsp3) is 1.00. The van der Waals surface area contributed by atoms with Crippen LogP contribution in [0.4, 0.5) is 0 Å². The Labute approximate surface area is 125 Å². The first-order chi connectivity index (χ1) is 9.31. The van der Waals surface area contributed by atoms with Crippen LogP contribution in [-0.2, 0) is 10.0 Å². The zero-order valence-electron chi connectivity index (χ0n) is 13.6. The van der Waals surface area contributed by atoms with E-state index in [1.165, 1.54) is 0 Å². The van der Waals surface area contributed by atoms with Crippen molar-refractivity contribution in [2.75, 3.05) is 31.9 Å². The number of rotatable bonds is 8. The van der Waals surface area contributed by atoms with Crippen LogP contribution in [0.25, 0.3) is 0 Å². The molecule has 0 aromatic heterocycles. The number of nitrogens with zero attached hydrogens (tertiary/aromatic N) is 1. The summed E-state index contributed by atoms with van der Waals surface area (Å²) >= 11 is 0. The standard InChI is InChI=1S/C15H32N2O2S/c1-13(2)7-9-20(18,19)17-8-5-6-15(12-17)11-16-10-14(3)4/h13-16H,5-12H2,1-4H3. The predicted octanol–water partition coefficient (Wildman–Crippen LogP) is 2.32. The molecule has 0 amide bonds. The van der Waals surface area contributed by atoms with E-state index in [1.807, 2.05) is 0 Å². The molecule has 1 N–H and O–H groups in total. The first-order valence-electron chi connectivity index (χ1n) is 7.99. The van der Waals surface area contributed by atoms with E-state index in [0.717, 1.165) is 32.4 Å². The zero-order chi connectivity index (χ0) is 15.2. The molecule has 120 valence electrons. The molecular weight excluding hydrogens is 272 g/mol. The van der Waals surface area contributed by atoms with Gasteiger partial charge < -0.3 is 5.32 Å². The van der Waals surface area contributed by atoms with Gasteiger partial charge in [-0.25, -0.2) is 12.7 Å². The van der Waals surface area contributed by atoms with Gasteiger partial charge in [0.15, 0.2) is 0 Å². The average molecular weight is 305 g/mol. The molecule has 0 aromatic rings. The van der Waals surface area contributed by atoms with E-state index in [9.17, 15) is 8.42 Å². The van der Waals surface area contributed by atoms with Gasteiger partial charge in [0.25, 0.3) is 0 Å². The maximum Gasteiger partial charge on any atom is 0.214 e. The molecule has 1 fully saturated rings. The topological polar surface area (TPSA) is 49.4 Å². The van der Waals surface area contributed by atoms with Crippen molar-refractivity contribution >= 4 is 10.0 Å². The lowest BCUT2D eigenvalue weighted by molar-refractivity contribution is 0.258. The maximum absolute atomic E-state index is 12.3. The van der Waals surface area contributed by atoms with Crippen LogP contribution in [0.2, 0.25) is 0 Å². The smallest absolute Gasteiger partial charge is 0.214 e. The van der Waals surface area contributed by atoms with Gasteiger partial charge in [0.1, 0.15) is 0 Å². The highest BCUT2D eigenvalue weighted by Crippen LogP contribution is 2.20. The molecule has 1 atom stereocenters. The SMILES string of the molecule is CC(C)CCS(=O)(=O)N1CCCC(CNCC(C)C)C1. The maximum atomic E-state index is 12.3. The van der Waals surface area contributed by atoms with Crippen LogP contribution in [-0.4, -0.2) is 44.7 Å². The average Bonchev–Trinajstić information content (AvgIpc) is 2.36. The van der Waals surface area contributed by atoms with Crippen LogP contribution in [0.3, 0.4) is 0 Å². The summed E-state index contributed by atoms with van der Waals surface area (Å²) in [4.78, 5) is 0. The number of hydrogen-bond acceptors (Lipinski definition) is 3. The highest BCUT2D eigenvalue weighted by atomic mass is 32.2. The molecule has 0 radical (unpaired) electrons. The van der Waals surface area contributed by atoms with Gasteiger partial charge >= 0.3 is 0 Å². The van der Waals surface area contributed by atoms with Crippen molar-refractivity contribution < 1.29 is 8.42 Å². The van der Waals surface area contributed by atoms with Crippen LogP contribution in [0.5, 0.6) is 0 Å². The highest BCUT2D eigenvalue weighted by molar-refractivity contribution is 7.89. The molecule has 1 heterocycles. The largest absolute Gasteiger partial charge is 0.316 e. The minimum absolute atomic E-state index is 0.302. The molecule has 1 saturated heterocycles. The van der Waals surface area contributed by atoms with Crippen molar-refractivity contribution in [3.8, 4) is 0 Å². The fourth-order valence-electron chi connectivity index (χ4n) is 2.54. The predicted molar refractivity (Wildman–Crippen MR) is 85.2 cm³/mol. The van der Waals surface area contributed by atoms with Crippen LogP contribution in [0, 0.1) is 17.8 Å². The minimum Gasteiger partial charge on any atom is -0.316 e. The zero-order valence-corrected chi connectivity index (χ0v) is 14.4. The van der Waals surface area contributed by atoms with E-state index in [-0.39, 0.29) is 0 Å². The molecule has 1 aliphatic heterocycles. The second kappa shape index (κ2) is 8.35. The summed E-state index contributed by atoms with van der Waals surface area (Å²) in [5, 5.41) is 3.46. The van der Waals surface area contributed by atoms with E-state index >= 15 is 0 Å². The summed E-state index contributed by atoms with van der Waals surface area (Å²) in [5.41, 5.74) is 0. The van der Waals surface area contributed by atoms with E-state index < -0.39 is 10.0 Å². The van der Waals surface area contributed by atoms with Gasteiger partial charge in [-0.1, -0.05) is 27.7 Å². The summed E-state index contributed by atoms with van der Waals surface area (Å²) in [6.07, 6.45) is 2.89. The van der Waals surface area contributed by atoms with Crippen LogP contribution < -0.4 is 5.32 Å². The van der Waals surface area contributed by atoms with Crippen molar-refractivity contribution in [1.29, 1.82) is 0 Å². The fourth-order valence-corrected chi connectivity index (χ4v) is 4.41. The number of hydrogen-bond donors (Lipinski definition) is 1. The lowest BCUT2D eigenvalue weighted by Gasteiger charge is -2.32. The molecule has 0 saturated carbocycles. The third kappa shape index (κ3) is 6.55. The molecular formula is C15H32N2O2S. The Morgan fingerprint density at radius 2 is 1.90 bits per heavy atom. The Hall–Kier alpha value is -0.130. The minimum atomic E-state index is -3.05. The Morgan fingerprint density at radius 3 is 2.50 bits per heavy atom. The van der Waals surface area contributed by atoms with Crippen LogP contribution >= 0.6 is 0 Å². The van der Waals surface area contributed by atoms with Gasteiger partial charge in [0.2, 0.25) is 10.0 Å². The van der Waals surface area contributed by atoms with E-state index in [2.05, 4.69) is 33.0 Å². The Kier molecular flexibility index (Phi) is 7.48. The lowest BCUT2D eigenvalue weighted by atomic mass is 9.99. The summed E-state index contributed by atoms with van der Waals surface area (Å²) < 4.78 is 26.4. The third-order valence-electron chi connectivity index (χ3n) is 3.81. The molecule has 0 bridgehead atoms. The van der Waals surface area contributed by atoms with Crippen LogP contribution in [0.15, 0.2) is 0 Å². The second-order valence-electron chi connectivity index (χ2n) is 6.92. The molecule has 1 rings (SSSR count). The Balaban J connectivity index is 2.43. The van der Waals surface area contributed by atoms with Crippen molar-refractivity contribution in [2.24, 2.45) is 17.8 Å². The first-order valence-corrected chi connectivity index (χ1v) is 9.60.